The molecule has 0 aliphatic heterocycles. The Labute approximate surface area is 125 Å². The molecule has 0 radical (unpaired) electrons. The number of hydrogen-bond acceptors (Lipinski definition) is 5. The lowest BCUT2D eigenvalue weighted by Crippen LogP contribution is -2.47. The van der Waals surface area contributed by atoms with E-state index in [2.05, 4.69) is 23.3 Å². The Hall–Kier alpha value is -0.990. The first-order valence-electron chi connectivity index (χ1n) is 7.41. The van der Waals surface area contributed by atoms with Gasteiger partial charge >= 0.3 is 0 Å². The highest BCUT2D eigenvalue weighted by atomic mass is 32.2. The average Bonchev–Trinajstić information content (AvgIpc) is 3.04. The second kappa shape index (κ2) is 7.14. The van der Waals surface area contributed by atoms with Crippen LogP contribution in [0.5, 0.6) is 0 Å². The third-order valence-corrected chi connectivity index (χ3v) is 4.87. The van der Waals surface area contributed by atoms with Crippen LogP contribution in [-0.2, 0) is 0 Å². The first kappa shape index (κ1) is 15.4. The number of thioether (sulfide) groups is 1. The van der Waals surface area contributed by atoms with Crippen molar-refractivity contribution in [3.05, 3.63) is 12.0 Å². The van der Waals surface area contributed by atoms with Crippen molar-refractivity contribution in [1.82, 2.24) is 10.3 Å². The zero-order valence-corrected chi connectivity index (χ0v) is 13.1. The molecule has 4 nitrogen and oxygen atoms in total. The fourth-order valence-electron chi connectivity index (χ4n) is 2.92. The second-order valence-electron chi connectivity index (χ2n) is 5.49. The third-order valence-electron chi connectivity index (χ3n) is 4.00. The molecule has 0 bridgehead atoms. The largest absolute Gasteiger partial charge is 0.440 e. The Kier molecular flexibility index (Phi) is 5.50. The summed E-state index contributed by atoms with van der Waals surface area (Å²) in [6, 6.07) is 2.56. The smallest absolute Gasteiger partial charge is 0.255 e. The number of oxazole rings is 1. The molecule has 1 aromatic rings. The van der Waals surface area contributed by atoms with Crippen molar-refractivity contribution >= 4 is 11.8 Å². The van der Waals surface area contributed by atoms with Crippen molar-refractivity contribution in [3.63, 3.8) is 0 Å². The standard InChI is InChI=1S/C15H23N3OS/c1-3-8-17-15(11-16)7-4-5-13(15)6-9-20-14-18-12(2)10-19-14/h10,13,17H,3-9H2,1-2H3. The highest BCUT2D eigenvalue weighted by molar-refractivity contribution is 7.99. The van der Waals surface area contributed by atoms with Crippen LogP contribution in [-0.4, -0.2) is 22.8 Å². The van der Waals surface area contributed by atoms with Gasteiger partial charge in [0.05, 0.1) is 11.8 Å². The van der Waals surface area contributed by atoms with Crippen LogP contribution in [0.1, 0.15) is 44.7 Å². The van der Waals surface area contributed by atoms with E-state index in [1.54, 1.807) is 18.0 Å². The minimum absolute atomic E-state index is 0.303. The first-order chi connectivity index (χ1) is 9.70. The summed E-state index contributed by atoms with van der Waals surface area (Å²) in [6.07, 6.45) is 7.07. The van der Waals surface area contributed by atoms with Gasteiger partial charge in [0, 0.05) is 5.75 Å². The van der Waals surface area contributed by atoms with Crippen LogP contribution in [0.25, 0.3) is 0 Å². The normalized spacial score (nSPS) is 25.8. The van der Waals surface area contributed by atoms with Gasteiger partial charge in [-0.05, 0) is 45.1 Å². The molecule has 20 heavy (non-hydrogen) atoms. The Bertz CT molecular complexity index is 468. The zero-order valence-electron chi connectivity index (χ0n) is 12.3. The molecule has 1 N–H and O–H groups in total. The summed E-state index contributed by atoms with van der Waals surface area (Å²) >= 11 is 1.65. The molecule has 1 heterocycles. The lowest BCUT2D eigenvalue weighted by Gasteiger charge is -2.29. The number of rotatable bonds is 7. The van der Waals surface area contributed by atoms with Gasteiger partial charge in [0.15, 0.2) is 0 Å². The van der Waals surface area contributed by atoms with E-state index in [4.69, 9.17) is 4.42 Å². The summed E-state index contributed by atoms with van der Waals surface area (Å²) in [5.74, 6) is 1.41. The van der Waals surface area contributed by atoms with Gasteiger partial charge in [-0.2, -0.15) is 5.26 Å². The molecular weight excluding hydrogens is 270 g/mol. The van der Waals surface area contributed by atoms with Gasteiger partial charge in [0.25, 0.3) is 5.22 Å². The third kappa shape index (κ3) is 3.56. The highest BCUT2D eigenvalue weighted by Crippen LogP contribution is 2.38. The molecule has 1 aromatic heterocycles. The molecule has 1 aliphatic carbocycles. The minimum atomic E-state index is -0.303. The van der Waals surface area contributed by atoms with Gasteiger partial charge in [-0.1, -0.05) is 25.1 Å². The van der Waals surface area contributed by atoms with Gasteiger partial charge in [0.2, 0.25) is 0 Å². The Morgan fingerprint density at radius 3 is 3.15 bits per heavy atom. The van der Waals surface area contributed by atoms with Crippen molar-refractivity contribution in [2.24, 2.45) is 5.92 Å². The average molecular weight is 293 g/mol. The van der Waals surface area contributed by atoms with Gasteiger partial charge in [-0.3, -0.25) is 5.32 Å². The predicted molar refractivity (Wildman–Crippen MR) is 80.6 cm³/mol. The molecule has 2 unspecified atom stereocenters. The molecule has 0 amide bonds. The van der Waals surface area contributed by atoms with E-state index in [1.807, 2.05) is 6.92 Å². The van der Waals surface area contributed by atoms with Gasteiger partial charge < -0.3 is 4.42 Å². The maximum atomic E-state index is 9.58. The van der Waals surface area contributed by atoms with Crippen LogP contribution >= 0.6 is 11.8 Å². The molecule has 1 aliphatic rings. The molecule has 5 heteroatoms. The van der Waals surface area contributed by atoms with Crippen molar-refractivity contribution in [2.75, 3.05) is 12.3 Å². The summed E-state index contributed by atoms with van der Waals surface area (Å²) in [7, 11) is 0. The van der Waals surface area contributed by atoms with Crippen LogP contribution in [0, 0.1) is 24.2 Å². The number of hydrogen-bond donors (Lipinski definition) is 1. The van der Waals surface area contributed by atoms with Gasteiger partial charge in [-0.15, -0.1) is 0 Å². The molecule has 0 aromatic carbocycles. The van der Waals surface area contributed by atoms with E-state index >= 15 is 0 Å². The number of nitriles is 1. The van der Waals surface area contributed by atoms with Crippen LogP contribution in [0.3, 0.4) is 0 Å². The fraction of sp³-hybridized carbons (Fsp3) is 0.733. The van der Waals surface area contributed by atoms with Gasteiger partial charge in [-0.25, -0.2) is 4.98 Å². The van der Waals surface area contributed by atoms with Crippen LogP contribution in [0.2, 0.25) is 0 Å². The number of aryl methyl sites for hydroxylation is 1. The monoisotopic (exact) mass is 293 g/mol. The molecule has 0 spiro atoms. The number of aromatic nitrogens is 1. The molecule has 1 saturated carbocycles. The van der Waals surface area contributed by atoms with Crippen LogP contribution in [0.15, 0.2) is 15.9 Å². The van der Waals surface area contributed by atoms with Gasteiger partial charge in [0.1, 0.15) is 11.8 Å². The molecule has 110 valence electrons. The number of nitrogens with one attached hydrogen (secondary N) is 1. The summed E-state index contributed by atoms with van der Waals surface area (Å²) in [4.78, 5) is 4.30. The highest BCUT2D eigenvalue weighted by Gasteiger charge is 2.42. The molecule has 0 saturated heterocycles. The Morgan fingerprint density at radius 2 is 2.50 bits per heavy atom. The maximum Gasteiger partial charge on any atom is 0.255 e. The summed E-state index contributed by atoms with van der Waals surface area (Å²) in [6.45, 7) is 5.00. The Balaban J connectivity index is 1.85. The Morgan fingerprint density at radius 1 is 1.65 bits per heavy atom. The van der Waals surface area contributed by atoms with E-state index in [9.17, 15) is 5.26 Å². The van der Waals surface area contributed by atoms with E-state index in [0.29, 0.717) is 5.92 Å². The quantitative estimate of drug-likeness (QED) is 0.779. The van der Waals surface area contributed by atoms with E-state index in [-0.39, 0.29) is 5.54 Å². The first-order valence-corrected chi connectivity index (χ1v) is 8.40. The second-order valence-corrected chi connectivity index (χ2v) is 6.54. The van der Waals surface area contributed by atoms with Crippen molar-refractivity contribution < 1.29 is 4.42 Å². The van der Waals surface area contributed by atoms with E-state index < -0.39 is 0 Å². The van der Waals surface area contributed by atoms with E-state index in [1.165, 1.54) is 0 Å². The molecular formula is C15H23N3OS. The number of nitrogens with zero attached hydrogens (tertiary/aromatic N) is 2. The van der Waals surface area contributed by atoms with Crippen LogP contribution in [0.4, 0.5) is 0 Å². The minimum Gasteiger partial charge on any atom is -0.440 e. The summed E-state index contributed by atoms with van der Waals surface area (Å²) in [5.41, 5.74) is 0.618. The fourth-order valence-corrected chi connectivity index (χ4v) is 3.82. The van der Waals surface area contributed by atoms with Crippen molar-refractivity contribution in [3.8, 4) is 6.07 Å². The van der Waals surface area contributed by atoms with Crippen LogP contribution < -0.4 is 5.32 Å². The summed E-state index contributed by atoms with van der Waals surface area (Å²) in [5, 5.41) is 13.8. The maximum absolute atomic E-state index is 9.58. The molecule has 2 atom stereocenters. The topological polar surface area (TPSA) is 61.9 Å². The predicted octanol–water partition coefficient (Wildman–Crippen LogP) is 3.53. The lowest BCUT2D eigenvalue weighted by molar-refractivity contribution is 0.311. The summed E-state index contributed by atoms with van der Waals surface area (Å²) < 4.78 is 5.34. The van der Waals surface area contributed by atoms with Crippen molar-refractivity contribution in [2.45, 2.75) is 56.7 Å². The zero-order chi connectivity index (χ0) is 14.4. The molecule has 2 rings (SSSR count). The lowest BCUT2D eigenvalue weighted by atomic mass is 9.86. The van der Waals surface area contributed by atoms with E-state index in [0.717, 1.165) is 55.3 Å². The van der Waals surface area contributed by atoms with Crippen molar-refractivity contribution in [1.29, 1.82) is 5.26 Å². The molecule has 1 fully saturated rings. The SMILES string of the molecule is CCCNC1(C#N)CCCC1CCSc1nc(C)co1.